The first kappa shape index (κ1) is 19.6. The van der Waals surface area contributed by atoms with Crippen LogP contribution in [-0.2, 0) is 11.2 Å². The molecule has 0 atom stereocenters. The maximum Gasteiger partial charge on any atom is 0.248 e. The molecule has 1 aliphatic heterocycles. The minimum atomic E-state index is 0.0169. The Morgan fingerprint density at radius 3 is 2.69 bits per heavy atom. The molecule has 1 fully saturated rings. The number of aryl methyl sites for hydroxylation is 1. The van der Waals surface area contributed by atoms with E-state index in [4.69, 9.17) is 4.42 Å². The number of para-hydroxylation sites is 1. The first-order valence-corrected chi connectivity index (χ1v) is 10.9. The van der Waals surface area contributed by atoms with Gasteiger partial charge < -0.3 is 14.6 Å². The summed E-state index contributed by atoms with van der Waals surface area (Å²) in [4.78, 5) is 16.9. The molecular weight excluding hydrogens is 386 g/mol. The van der Waals surface area contributed by atoms with Crippen LogP contribution in [0.5, 0.6) is 0 Å². The van der Waals surface area contributed by atoms with Crippen LogP contribution in [0.3, 0.4) is 0 Å². The third-order valence-corrected chi connectivity index (χ3v) is 5.73. The molecule has 1 aliphatic rings. The van der Waals surface area contributed by atoms with E-state index in [0.717, 1.165) is 38.3 Å². The highest BCUT2D eigenvalue weighted by atomic mass is 32.1. The molecule has 0 aliphatic carbocycles. The highest BCUT2D eigenvalue weighted by molar-refractivity contribution is 7.08. The normalized spacial score (nSPS) is 14.8. The third kappa shape index (κ3) is 5.42. The topological polar surface area (TPSA) is 74.5 Å². The first-order chi connectivity index (χ1) is 14.3. The number of piperazine rings is 1. The van der Waals surface area contributed by atoms with Crippen LogP contribution in [0.1, 0.15) is 12.3 Å². The molecular formula is C21H25N5O2S. The second-order valence-electron chi connectivity index (χ2n) is 7.03. The lowest BCUT2D eigenvalue weighted by Gasteiger charge is -2.36. The zero-order valence-corrected chi connectivity index (χ0v) is 17.1. The summed E-state index contributed by atoms with van der Waals surface area (Å²) in [5.41, 5.74) is 2.20. The molecule has 0 spiro atoms. The SMILES string of the molecule is O=C(CCc1nnc(-c2ccsc2)o1)NCCN1CCN(c2ccccc2)CC1. The van der Waals surface area contributed by atoms with Gasteiger partial charge in [0.2, 0.25) is 17.7 Å². The molecule has 29 heavy (non-hydrogen) atoms. The van der Waals surface area contributed by atoms with Crippen LogP contribution in [0.15, 0.2) is 51.6 Å². The van der Waals surface area contributed by atoms with Crippen LogP contribution in [0.4, 0.5) is 5.69 Å². The molecule has 1 saturated heterocycles. The van der Waals surface area contributed by atoms with Gasteiger partial charge in [-0.3, -0.25) is 9.69 Å². The highest BCUT2D eigenvalue weighted by Gasteiger charge is 2.17. The average Bonchev–Trinajstić information content (AvgIpc) is 3.45. The zero-order valence-electron chi connectivity index (χ0n) is 16.3. The van der Waals surface area contributed by atoms with Crippen LogP contribution in [-0.4, -0.2) is 60.3 Å². The minimum absolute atomic E-state index is 0.0169. The second-order valence-corrected chi connectivity index (χ2v) is 7.81. The predicted octanol–water partition coefficient (Wildman–Crippen LogP) is 2.67. The fourth-order valence-electron chi connectivity index (χ4n) is 3.39. The van der Waals surface area contributed by atoms with Crippen molar-refractivity contribution < 1.29 is 9.21 Å². The number of nitrogens with zero attached hydrogens (tertiary/aromatic N) is 4. The Bertz CT molecular complexity index is 889. The maximum absolute atomic E-state index is 12.1. The molecule has 7 nitrogen and oxygen atoms in total. The molecule has 0 saturated carbocycles. The van der Waals surface area contributed by atoms with Gasteiger partial charge in [-0.25, -0.2) is 0 Å². The van der Waals surface area contributed by atoms with Crippen molar-refractivity contribution in [2.24, 2.45) is 0 Å². The van der Waals surface area contributed by atoms with E-state index in [9.17, 15) is 4.79 Å². The van der Waals surface area contributed by atoms with E-state index < -0.39 is 0 Å². The van der Waals surface area contributed by atoms with Gasteiger partial charge in [-0.1, -0.05) is 18.2 Å². The fraction of sp³-hybridized carbons (Fsp3) is 0.381. The van der Waals surface area contributed by atoms with Gasteiger partial charge in [-0.2, -0.15) is 11.3 Å². The van der Waals surface area contributed by atoms with Crippen LogP contribution >= 0.6 is 11.3 Å². The predicted molar refractivity (Wildman–Crippen MR) is 114 cm³/mol. The van der Waals surface area contributed by atoms with Crippen molar-refractivity contribution in [3.63, 3.8) is 0 Å². The molecule has 1 aromatic carbocycles. The lowest BCUT2D eigenvalue weighted by atomic mass is 10.2. The monoisotopic (exact) mass is 411 g/mol. The minimum Gasteiger partial charge on any atom is -0.421 e. The van der Waals surface area contributed by atoms with Crippen molar-refractivity contribution in [3.05, 3.63) is 53.0 Å². The number of carbonyl (C=O) groups is 1. The number of carbonyl (C=O) groups excluding carboxylic acids is 1. The number of anilines is 1. The van der Waals surface area contributed by atoms with Gasteiger partial charge in [0.15, 0.2) is 0 Å². The van der Waals surface area contributed by atoms with Crippen molar-refractivity contribution >= 4 is 22.9 Å². The van der Waals surface area contributed by atoms with Gasteiger partial charge in [-0.15, -0.1) is 10.2 Å². The van der Waals surface area contributed by atoms with Gasteiger partial charge in [0.1, 0.15) is 0 Å². The maximum atomic E-state index is 12.1. The van der Waals surface area contributed by atoms with Crippen LogP contribution in [0.25, 0.3) is 11.5 Å². The van der Waals surface area contributed by atoms with E-state index in [0.29, 0.717) is 31.2 Å². The van der Waals surface area contributed by atoms with Crippen LogP contribution in [0, 0.1) is 0 Å². The van der Waals surface area contributed by atoms with Gasteiger partial charge in [0.05, 0.1) is 0 Å². The molecule has 152 valence electrons. The summed E-state index contributed by atoms with van der Waals surface area (Å²) in [5.74, 6) is 1.03. The Morgan fingerprint density at radius 1 is 1.10 bits per heavy atom. The van der Waals surface area contributed by atoms with Gasteiger partial charge in [-0.05, 0) is 23.6 Å². The summed E-state index contributed by atoms with van der Waals surface area (Å²) in [6.07, 6.45) is 0.811. The summed E-state index contributed by atoms with van der Waals surface area (Å²) < 4.78 is 5.62. The van der Waals surface area contributed by atoms with Crippen molar-refractivity contribution in [1.29, 1.82) is 0 Å². The molecule has 2 aromatic heterocycles. The number of hydrogen-bond acceptors (Lipinski definition) is 7. The van der Waals surface area contributed by atoms with E-state index in [1.807, 2.05) is 22.9 Å². The number of rotatable bonds is 8. The lowest BCUT2D eigenvalue weighted by Crippen LogP contribution is -2.48. The lowest BCUT2D eigenvalue weighted by molar-refractivity contribution is -0.121. The fourth-order valence-corrected chi connectivity index (χ4v) is 4.02. The molecule has 4 rings (SSSR count). The van der Waals surface area contributed by atoms with E-state index in [1.54, 1.807) is 11.3 Å². The summed E-state index contributed by atoms with van der Waals surface area (Å²) >= 11 is 1.58. The van der Waals surface area contributed by atoms with Gasteiger partial charge >= 0.3 is 0 Å². The molecule has 3 heterocycles. The second kappa shape index (κ2) is 9.67. The number of thiophene rings is 1. The van der Waals surface area contributed by atoms with Crippen molar-refractivity contribution in [2.75, 3.05) is 44.2 Å². The first-order valence-electron chi connectivity index (χ1n) is 9.92. The van der Waals surface area contributed by atoms with Gasteiger partial charge in [0.25, 0.3) is 0 Å². The summed E-state index contributed by atoms with van der Waals surface area (Å²) in [6.45, 7) is 5.59. The number of hydrogen-bond donors (Lipinski definition) is 1. The van der Waals surface area contributed by atoms with Crippen LogP contribution < -0.4 is 10.2 Å². The number of benzene rings is 1. The molecule has 3 aromatic rings. The molecule has 0 bridgehead atoms. The van der Waals surface area contributed by atoms with E-state index in [-0.39, 0.29) is 5.91 Å². The number of amides is 1. The van der Waals surface area contributed by atoms with Gasteiger partial charge in [0, 0.05) is 68.7 Å². The largest absolute Gasteiger partial charge is 0.421 e. The van der Waals surface area contributed by atoms with Crippen molar-refractivity contribution in [1.82, 2.24) is 20.4 Å². The molecule has 8 heteroatoms. The summed E-state index contributed by atoms with van der Waals surface area (Å²) in [7, 11) is 0. The molecule has 0 unspecified atom stereocenters. The molecule has 1 amide bonds. The Hall–Kier alpha value is -2.71. The Kier molecular flexibility index (Phi) is 6.53. The Balaban J connectivity index is 1.12. The van der Waals surface area contributed by atoms with E-state index in [2.05, 4.69) is 49.6 Å². The molecule has 0 radical (unpaired) electrons. The highest BCUT2D eigenvalue weighted by Crippen LogP contribution is 2.20. The van der Waals surface area contributed by atoms with Crippen LogP contribution in [0.2, 0.25) is 0 Å². The Morgan fingerprint density at radius 2 is 1.93 bits per heavy atom. The van der Waals surface area contributed by atoms with Crippen molar-refractivity contribution in [2.45, 2.75) is 12.8 Å². The quantitative estimate of drug-likeness (QED) is 0.614. The standard InChI is InChI=1S/C21H25N5O2S/c27-19(6-7-20-23-24-21(28-20)17-8-15-29-16-17)22-9-10-25-11-13-26(14-12-25)18-4-2-1-3-5-18/h1-5,8,15-16H,6-7,9-14H2,(H,22,27). The average molecular weight is 412 g/mol. The molecule has 1 N–H and O–H groups in total. The third-order valence-electron chi connectivity index (χ3n) is 5.04. The van der Waals surface area contributed by atoms with Crippen molar-refractivity contribution in [3.8, 4) is 11.5 Å². The number of aromatic nitrogens is 2. The summed E-state index contributed by atoms with van der Waals surface area (Å²) in [5, 5.41) is 15.0. The van der Waals surface area contributed by atoms with E-state index >= 15 is 0 Å². The number of nitrogens with one attached hydrogen (secondary N) is 1. The Labute approximate surface area is 174 Å². The summed E-state index contributed by atoms with van der Waals surface area (Å²) in [6, 6.07) is 12.5. The smallest absolute Gasteiger partial charge is 0.248 e. The zero-order chi connectivity index (χ0) is 19.9. The van der Waals surface area contributed by atoms with E-state index in [1.165, 1.54) is 5.69 Å².